The maximum absolute atomic E-state index is 14.0. The van der Waals surface area contributed by atoms with Crippen LogP contribution < -0.4 is 10.6 Å². The maximum atomic E-state index is 14.0. The predicted octanol–water partition coefficient (Wildman–Crippen LogP) is 5.08. The number of amides is 3. The fraction of sp³-hybridized carbons (Fsp3) is 0.290. The molecule has 4 rings (SSSR count). The van der Waals surface area contributed by atoms with E-state index in [0.29, 0.717) is 18.3 Å². The number of benzene rings is 3. The van der Waals surface area contributed by atoms with Crippen molar-refractivity contribution in [3.05, 3.63) is 83.9 Å². The quantitative estimate of drug-likeness (QED) is 0.180. The molecule has 11 nitrogen and oxygen atoms in total. The number of hydrogen-bond acceptors (Lipinski definition) is 7. The highest BCUT2D eigenvalue weighted by atomic mass is 19.1. The van der Waals surface area contributed by atoms with Crippen LogP contribution in [0.4, 0.5) is 19.3 Å². The van der Waals surface area contributed by atoms with E-state index in [-0.39, 0.29) is 37.7 Å². The molecule has 0 aliphatic rings. The van der Waals surface area contributed by atoms with Crippen LogP contribution in [0.25, 0.3) is 22.5 Å². The Kier molecular flexibility index (Phi) is 11.0. The summed E-state index contributed by atoms with van der Waals surface area (Å²) < 4.78 is 32.6. The topological polar surface area (TPSA) is 142 Å². The third kappa shape index (κ3) is 8.21. The Morgan fingerprint density at radius 2 is 1.75 bits per heavy atom. The first kappa shape index (κ1) is 31.7. The van der Waals surface area contributed by atoms with Gasteiger partial charge in [-0.2, -0.15) is 5.21 Å². The number of nitrogens with one attached hydrogen (secondary N) is 3. The molecule has 3 N–H and O–H groups in total. The number of H-pyrrole nitrogens is 1. The second kappa shape index (κ2) is 15.3. The third-order valence-corrected chi connectivity index (χ3v) is 6.77. The van der Waals surface area contributed by atoms with Gasteiger partial charge in [0.2, 0.25) is 11.7 Å². The smallest absolute Gasteiger partial charge is 0.330 e. The molecule has 0 aliphatic heterocycles. The van der Waals surface area contributed by atoms with E-state index in [2.05, 4.69) is 31.3 Å². The van der Waals surface area contributed by atoms with Gasteiger partial charge in [0.15, 0.2) is 0 Å². The van der Waals surface area contributed by atoms with E-state index in [1.54, 1.807) is 6.92 Å². The molecule has 1 unspecified atom stereocenters. The average molecular weight is 606 g/mol. The van der Waals surface area contributed by atoms with E-state index in [0.717, 1.165) is 40.8 Å². The monoisotopic (exact) mass is 605 g/mol. The van der Waals surface area contributed by atoms with Gasteiger partial charge in [-0.15, -0.1) is 10.2 Å². The SMILES string of the molecule is CCCCC(=O)N(Cc1ccc(-c2ccccc2-c2nn[nH]n2)cc1)C(CNC(=O)Nc1ccc(F)cc1F)C(=O)OCC. The number of nitrogens with zero attached hydrogens (tertiary/aromatic N) is 4. The Morgan fingerprint density at radius 3 is 2.41 bits per heavy atom. The summed E-state index contributed by atoms with van der Waals surface area (Å²) in [5.74, 6) is -2.28. The molecule has 1 atom stereocenters. The van der Waals surface area contributed by atoms with E-state index >= 15 is 0 Å². The highest BCUT2D eigenvalue weighted by Gasteiger charge is 2.31. The number of ether oxygens (including phenoxy) is 1. The van der Waals surface area contributed by atoms with Crippen molar-refractivity contribution in [1.29, 1.82) is 0 Å². The zero-order valence-corrected chi connectivity index (χ0v) is 24.3. The zero-order valence-electron chi connectivity index (χ0n) is 24.3. The van der Waals surface area contributed by atoms with Gasteiger partial charge in [-0.25, -0.2) is 18.4 Å². The number of esters is 1. The second-order valence-corrected chi connectivity index (χ2v) is 9.83. The number of aromatic nitrogens is 4. The van der Waals surface area contributed by atoms with Gasteiger partial charge >= 0.3 is 12.0 Å². The molecule has 3 aromatic carbocycles. The predicted molar refractivity (Wildman–Crippen MR) is 159 cm³/mol. The number of aromatic amines is 1. The van der Waals surface area contributed by atoms with Crippen LogP contribution in [-0.2, 0) is 20.9 Å². The van der Waals surface area contributed by atoms with Crippen molar-refractivity contribution in [1.82, 2.24) is 30.8 Å². The molecule has 230 valence electrons. The highest BCUT2D eigenvalue weighted by Crippen LogP contribution is 2.30. The van der Waals surface area contributed by atoms with Gasteiger partial charge in [0, 0.05) is 24.6 Å². The van der Waals surface area contributed by atoms with E-state index in [1.165, 1.54) is 4.90 Å². The van der Waals surface area contributed by atoms with Crippen LogP contribution in [0.3, 0.4) is 0 Å². The third-order valence-electron chi connectivity index (χ3n) is 6.77. The van der Waals surface area contributed by atoms with Crippen molar-refractivity contribution in [2.45, 2.75) is 45.7 Å². The second-order valence-electron chi connectivity index (χ2n) is 9.83. The first-order valence-corrected chi connectivity index (χ1v) is 14.2. The molecule has 4 aromatic rings. The molecule has 0 saturated carbocycles. The van der Waals surface area contributed by atoms with Gasteiger partial charge < -0.3 is 20.3 Å². The lowest BCUT2D eigenvalue weighted by Gasteiger charge is -2.31. The molecule has 0 fully saturated rings. The number of halogens is 2. The number of rotatable bonds is 13. The summed E-state index contributed by atoms with van der Waals surface area (Å²) in [6.07, 6.45) is 1.56. The first-order chi connectivity index (χ1) is 21.3. The van der Waals surface area contributed by atoms with Crippen LogP contribution in [0, 0.1) is 11.6 Å². The van der Waals surface area contributed by atoms with E-state index in [1.807, 2.05) is 55.5 Å². The Hall–Kier alpha value is -5.20. The number of tetrazole rings is 1. The minimum Gasteiger partial charge on any atom is -0.464 e. The number of carbonyl (C=O) groups excluding carboxylic acids is 3. The normalized spacial score (nSPS) is 11.5. The summed E-state index contributed by atoms with van der Waals surface area (Å²) in [7, 11) is 0. The van der Waals surface area contributed by atoms with Gasteiger partial charge in [-0.3, -0.25) is 4.79 Å². The van der Waals surface area contributed by atoms with E-state index in [4.69, 9.17) is 4.74 Å². The number of urea groups is 1. The Balaban J connectivity index is 1.55. The number of carbonyl (C=O) groups is 3. The van der Waals surface area contributed by atoms with Gasteiger partial charge in [0.25, 0.3) is 0 Å². The zero-order chi connectivity index (χ0) is 31.5. The minimum absolute atomic E-state index is 0.0633. The lowest BCUT2D eigenvalue weighted by Crippen LogP contribution is -2.52. The van der Waals surface area contributed by atoms with E-state index < -0.39 is 29.7 Å². The van der Waals surface area contributed by atoms with Crippen LogP contribution in [0.2, 0.25) is 0 Å². The standard InChI is InChI=1S/C31H33F2N7O4/c1-3-5-10-28(41)40(27(30(42)44-4-2)18-34-31(43)35-26-16-15-22(32)17-25(26)33)19-20-11-13-21(14-12-20)23-8-6-7-9-24(23)29-36-38-39-37-29/h6-9,11-17,27H,3-5,10,18-19H2,1-2H3,(H2,34,35,43)(H,36,37,38,39). The fourth-order valence-electron chi connectivity index (χ4n) is 4.54. The lowest BCUT2D eigenvalue weighted by atomic mass is 9.98. The number of unbranched alkanes of at least 4 members (excludes halogenated alkanes) is 1. The fourth-order valence-corrected chi connectivity index (χ4v) is 4.54. The van der Waals surface area contributed by atoms with Crippen molar-refractivity contribution in [3.63, 3.8) is 0 Å². The van der Waals surface area contributed by atoms with Gasteiger partial charge in [0.1, 0.15) is 17.7 Å². The van der Waals surface area contributed by atoms with Crippen molar-refractivity contribution >= 4 is 23.6 Å². The summed E-state index contributed by atoms with van der Waals surface area (Å²) in [5, 5.41) is 19.1. The van der Waals surface area contributed by atoms with Crippen LogP contribution in [-0.4, -0.2) is 62.6 Å². The molecule has 44 heavy (non-hydrogen) atoms. The maximum Gasteiger partial charge on any atom is 0.330 e. The molecule has 3 amide bonds. The van der Waals surface area contributed by atoms with Gasteiger partial charge in [-0.05, 0) is 47.4 Å². The van der Waals surface area contributed by atoms with Crippen LogP contribution in [0.1, 0.15) is 38.7 Å². The molecule has 0 radical (unpaired) electrons. The van der Waals surface area contributed by atoms with Gasteiger partial charge in [-0.1, -0.05) is 61.9 Å². The van der Waals surface area contributed by atoms with Crippen molar-refractivity contribution in [2.75, 3.05) is 18.5 Å². The van der Waals surface area contributed by atoms with Crippen LogP contribution in [0.5, 0.6) is 0 Å². The van der Waals surface area contributed by atoms with Crippen molar-refractivity contribution in [2.24, 2.45) is 0 Å². The summed E-state index contributed by atoms with van der Waals surface area (Å²) >= 11 is 0. The molecular formula is C31H33F2N7O4. The lowest BCUT2D eigenvalue weighted by molar-refractivity contribution is -0.155. The summed E-state index contributed by atoms with van der Waals surface area (Å²) in [5.41, 5.74) is 3.05. The highest BCUT2D eigenvalue weighted by molar-refractivity contribution is 5.90. The van der Waals surface area contributed by atoms with Crippen molar-refractivity contribution < 1.29 is 27.9 Å². The Morgan fingerprint density at radius 1 is 1.00 bits per heavy atom. The van der Waals surface area contributed by atoms with Crippen LogP contribution in [0.15, 0.2) is 66.7 Å². The molecule has 0 spiro atoms. The van der Waals surface area contributed by atoms with Crippen LogP contribution >= 0.6 is 0 Å². The molecule has 0 aliphatic carbocycles. The number of anilines is 1. The van der Waals surface area contributed by atoms with E-state index in [9.17, 15) is 23.2 Å². The molecule has 13 heteroatoms. The summed E-state index contributed by atoms with van der Waals surface area (Å²) in [4.78, 5) is 40.5. The van der Waals surface area contributed by atoms with Gasteiger partial charge in [0.05, 0.1) is 18.8 Å². The average Bonchev–Trinajstić information content (AvgIpc) is 3.56. The molecule has 0 saturated heterocycles. The van der Waals surface area contributed by atoms with Crippen molar-refractivity contribution in [3.8, 4) is 22.5 Å². The summed E-state index contributed by atoms with van der Waals surface area (Å²) in [6.45, 7) is 3.41. The minimum atomic E-state index is -1.17. The summed E-state index contributed by atoms with van der Waals surface area (Å²) in [6, 6.07) is 15.8. The molecule has 0 bridgehead atoms. The Bertz CT molecular complexity index is 1570. The molecular weight excluding hydrogens is 572 g/mol. The Labute approximate surface area is 253 Å². The first-order valence-electron chi connectivity index (χ1n) is 14.2. The number of hydrogen-bond donors (Lipinski definition) is 3. The largest absolute Gasteiger partial charge is 0.464 e. The molecule has 1 aromatic heterocycles. The molecule has 1 heterocycles.